The standard InChI is InChI=1S/C18H19N3OS/c1-2-3-11-21(13-17-19-10-12-23-17)18(22)16-9-8-14-6-4-5-7-15(14)20-16/h4-10,12H,2-3,11,13H2,1H3. The summed E-state index contributed by atoms with van der Waals surface area (Å²) in [7, 11) is 0. The number of pyridine rings is 1. The highest BCUT2D eigenvalue weighted by atomic mass is 32.1. The third-order valence-electron chi connectivity index (χ3n) is 3.70. The van der Waals surface area contributed by atoms with Crippen LogP contribution in [-0.2, 0) is 6.54 Å². The van der Waals surface area contributed by atoms with E-state index in [0.29, 0.717) is 12.2 Å². The van der Waals surface area contributed by atoms with E-state index in [1.165, 1.54) is 0 Å². The van der Waals surface area contributed by atoms with E-state index in [9.17, 15) is 4.79 Å². The topological polar surface area (TPSA) is 46.1 Å². The molecule has 3 aromatic rings. The number of carbonyl (C=O) groups is 1. The Bertz CT molecular complexity index is 786. The van der Waals surface area contributed by atoms with Gasteiger partial charge in [0.25, 0.3) is 5.91 Å². The minimum absolute atomic E-state index is 0.0283. The van der Waals surface area contributed by atoms with Gasteiger partial charge in [0.05, 0.1) is 12.1 Å². The molecule has 0 aliphatic rings. The Hall–Kier alpha value is -2.27. The summed E-state index contributed by atoms with van der Waals surface area (Å²) in [6.45, 7) is 3.40. The maximum absolute atomic E-state index is 12.9. The van der Waals surface area contributed by atoms with Crippen LogP contribution in [0.3, 0.4) is 0 Å². The molecule has 23 heavy (non-hydrogen) atoms. The first kappa shape index (κ1) is 15.6. The molecule has 0 spiro atoms. The predicted molar refractivity (Wildman–Crippen MR) is 93.5 cm³/mol. The zero-order valence-corrected chi connectivity index (χ0v) is 13.9. The van der Waals surface area contributed by atoms with Crippen LogP contribution in [0, 0.1) is 0 Å². The van der Waals surface area contributed by atoms with Crippen LogP contribution in [0.2, 0.25) is 0 Å². The zero-order chi connectivity index (χ0) is 16.1. The van der Waals surface area contributed by atoms with Gasteiger partial charge >= 0.3 is 0 Å². The number of rotatable bonds is 6. The fraction of sp³-hybridized carbons (Fsp3) is 0.278. The third-order valence-corrected chi connectivity index (χ3v) is 4.46. The third kappa shape index (κ3) is 3.74. The molecule has 0 bridgehead atoms. The van der Waals surface area contributed by atoms with Crippen molar-refractivity contribution in [3.05, 3.63) is 58.7 Å². The lowest BCUT2D eigenvalue weighted by Gasteiger charge is -2.21. The molecule has 0 saturated heterocycles. The molecule has 5 heteroatoms. The number of hydrogen-bond donors (Lipinski definition) is 0. The van der Waals surface area contributed by atoms with Gasteiger partial charge in [0.2, 0.25) is 0 Å². The number of thiazole rings is 1. The first-order chi connectivity index (χ1) is 11.3. The van der Waals surface area contributed by atoms with E-state index in [0.717, 1.165) is 35.3 Å². The van der Waals surface area contributed by atoms with Crippen molar-refractivity contribution in [3.63, 3.8) is 0 Å². The second-order valence-corrected chi connectivity index (χ2v) is 6.37. The van der Waals surface area contributed by atoms with Crippen LogP contribution < -0.4 is 0 Å². The number of unbranched alkanes of at least 4 members (excludes halogenated alkanes) is 1. The van der Waals surface area contributed by atoms with Gasteiger partial charge in [0, 0.05) is 23.5 Å². The van der Waals surface area contributed by atoms with Gasteiger partial charge < -0.3 is 4.90 Å². The molecule has 0 N–H and O–H groups in total. The highest BCUT2D eigenvalue weighted by Crippen LogP contribution is 2.16. The van der Waals surface area contributed by atoms with Crippen molar-refractivity contribution in [1.29, 1.82) is 0 Å². The van der Waals surface area contributed by atoms with Gasteiger partial charge in [-0.2, -0.15) is 0 Å². The van der Waals surface area contributed by atoms with Gasteiger partial charge in [-0.25, -0.2) is 9.97 Å². The van der Waals surface area contributed by atoms with Gasteiger partial charge in [0.15, 0.2) is 0 Å². The molecule has 1 aromatic carbocycles. The minimum Gasteiger partial charge on any atom is -0.331 e. The fourth-order valence-electron chi connectivity index (χ4n) is 2.44. The molecule has 0 saturated carbocycles. The quantitative estimate of drug-likeness (QED) is 0.684. The monoisotopic (exact) mass is 325 g/mol. The highest BCUT2D eigenvalue weighted by molar-refractivity contribution is 7.09. The van der Waals surface area contributed by atoms with Crippen molar-refractivity contribution in [1.82, 2.24) is 14.9 Å². The molecule has 1 amide bonds. The normalized spacial score (nSPS) is 10.8. The van der Waals surface area contributed by atoms with Crippen molar-refractivity contribution in [2.75, 3.05) is 6.54 Å². The molecule has 118 valence electrons. The number of benzene rings is 1. The summed E-state index contributed by atoms with van der Waals surface area (Å²) in [5, 5.41) is 3.94. The molecule has 0 unspecified atom stereocenters. The summed E-state index contributed by atoms with van der Waals surface area (Å²) in [5.74, 6) is -0.0283. The van der Waals surface area contributed by atoms with Gasteiger partial charge in [-0.3, -0.25) is 4.79 Å². The molecule has 0 radical (unpaired) electrons. The Morgan fingerprint density at radius 2 is 2.09 bits per heavy atom. The summed E-state index contributed by atoms with van der Waals surface area (Å²) in [6, 6.07) is 11.6. The Morgan fingerprint density at radius 1 is 1.22 bits per heavy atom. The Labute approximate surface area is 139 Å². The second-order valence-electron chi connectivity index (χ2n) is 5.40. The second kappa shape index (κ2) is 7.33. The van der Waals surface area contributed by atoms with E-state index >= 15 is 0 Å². The van der Waals surface area contributed by atoms with Crippen molar-refractivity contribution in [2.24, 2.45) is 0 Å². The SMILES string of the molecule is CCCCN(Cc1nccs1)C(=O)c1ccc2ccccc2n1. The van der Waals surface area contributed by atoms with E-state index in [2.05, 4.69) is 16.9 Å². The fourth-order valence-corrected chi connectivity index (χ4v) is 3.07. The van der Waals surface area contributed by atoms with Crippen LogP contribution in [0.4, 0.5) is 0 Å². The summed E-state index contributed by atoms with van der Waals surface area (Å²) in [4.78, 5) is 23.5. The molecule has 0 aliphatic carbocycles. The Kier molecular flexibility index (Phi) is 4.98. The van der Waals surface area contributed by atoms with Crippen LogP contribution in [0.1, 0.15) is 35.3 Å². The molecule has 0 aliphatic heterocycles. The molecule has 3 rings (SSSR count). The maximum atomic E-state index is 12.9. The maximum Gasteiger partial charge on any atom is 0.272 e. The van der Waals surface area contributed by atoms with E-state index in [1.54, 1.807) is 17.5 Å². The molecule has 4 nitrogen and oxygen atoms in total. The van der Waals surface area contributed by atoms with Crippen LogP contribution >= 0.6 is 11.3 Å². The number of nitrogens with zero attached hydrogens (tertiary/aromatic N) is 3. The lowest BCUT2D eigenvalue weighted by atomic mass is 10.2. The van der Waals surface area contributed by atoms with E-state index in [4.69, 9.17) is 0 Å². The van der Waals surface area contributed by atoms with E-state index in [-0.39, 0.29) is 5.91 Å². The average molecular weight is 325 g/mol. The first-order valence-corrected chi connectivity index (χ1v) is 8.69. The molecule has 0 fully saturated rings. The van der Waals surface area contributed by atoms with E-state index < -0.39 is 0 Å². The lowest BCUT2D eigenvalue weighted by molar-refractivity contribution is 0.0735. The van der Waals surface area contributed by atoms with Gasteiger partial charge in [-0.05, 0) is 18.6 Å². The Balaban J connectivity index is 1.85. The zero-order valence-electron chi connectivity index (χ0n) is 13.1. The van der Waals surface area contributed by atoms with Crippen molar-refractivity contribution in [3.8, 4) is 0 Å². The van der Waals surface area contributed by atoms with Crippen molar-refractivity contribution < 1.29 is 4.79 Å². The number of hydrogen-bond acceptors (Lipinski definition) is 4. The Morgan fingerprint density at radius 3 is 2.87 bits per heavy atom. The average Bonchev–Trinajstić information content (AvgIpc) is 3.10. The largest absolute Gasteiger partial charge is 0.331 e. The summed E-state index contributed by atoms with van der Waals surface area (Å²) in [6.07, 6.45) is 3.80. The van der Waals surface area contributed by atoms with Crippen LogP contribution in [0.5, 0.6) is 0 Å². The highest BCUT2D eigenvalue weighted by Gasteiger charge is 2.18. The van der Waals surface area contributed by atoms with Gasteiger partial charge in [-0.1, -0.05) is 37.6 Å². The molecule has 2 aromatic heterocycles. The molecular formula is C18H19N3OS. The smallest absolute Gasteiger partial charge is 0.272 e. The molecule has 2 heterocycles. The number of para-hydroxylation sites is 1. The van der Waals surface area contributed by atoms with Crippen molar-refractivity contribution >= 4 is 28.1 Å². The lowest BCUT2D eigenvalue weighted by Crippen LogP contribution is -2.32. The molecular weight excluding hydrogens is 306 g/mol. The first-order valence-electron chi connectivity index (χ1n) is 7.81. The van der Waals surface area contributed by atoms with Crippen molar-refractivity contribution in [2.45, 2.75) is 26.3 Å². The van der Waals surface area contributed by atoms with E-state index in [1.807, 2.05) is 46.7 Å². The molecule has 0 atom stereocenters. The number of carbonyl (C=O) groups excluding carboxylic acids is 1. The summed E-state index contributed by atoms with van der Waals surface area (Å²) >= 11 is 1.57. The summed E-state index contributed by atoms with van der Waals surface area (Å²) in [5.41, 5.74) is 1.35. The van der Waals surface area contributed by atoms with Gasteiger partial charge in [-0.15, -0.1) is 11.3 Å². The predicted octanol–water partition coefficient (Wildman–Crippen LogP) is 4.13. The number of aromatic nitrogens is 2. The van der Waals surface area contributed by atoms with Crippen LogP contribution in [0.25, 0.3) is 10.9 Å². The number of amides is 1. The minimum atomic E-state index is -0.0283. The van der Waals surface area contributed by atoms with Crippen LogP contribution in [-0.4, -0.2) is 27.3 Å². The summed E-state index contributed by atoms with van der Waals surface area (Å²) < 4.78 is 0. The number of fused-ring (bicyclic) bond motifs is 1. The van der Waals surface area contributed by atoms with Crippen LogP contribution in [0.15, 0.2) is 48.0 Å². The van der Waals surface area contributed by atoms with Gasteiger partial charge in [0.1, 0.15) is 10.7 Å².